The molecule has 0 saturated carbocycles. The molecule has 0 heterocycles. The van der Waals surface area contributed by atoms with Crippen LogP contribution < -0.4 is 15.2 Å². The normalized spacial score (nSPS) is 11.7. The summed E-state index contributed by atoms with van der Waals surface area (Å²) in [5, 5.41) is 11.7. The molecule has 0 spiro atoms. The summed E-state index contributed by atoms with van der Waals surface area (Å²) >= 11 is 0. The predicted molar refractivity (Wildman–Crippen MR) is 79.7 cm³/mol. The highest BCUT2D eigenvalue weighted by atomic mass is 16.5. The van der Waals surface area contributed by atoms with Crippen molar-refractivity contribution in [3.05, 3.63) is 23.8 Å². The van der Waals surface area contributed by atoms with Crippen molar-refractivity contribution in [3.8, 4) is 11.5 Å². The number of amidine groups is 1. The summed E-state index contributed by atoms with van der Waals surface area (Å²) in [6, 6.07) is 5.25. The van der Waals surface area contributed by atoms with Gasteiger partial charge in [-0.1, -0.05) is 19.0 Å². The summed E-state index contributed by atoms with van der Waals surface area (Å²) in [6.45, 7) is 7.47. The van der Waals surface area contributed by atoms with Crippen molar-refractivity contribution in [1.82, 2.24) is 0 Å². The van der Waals surface area contributed by atoms with Gasteiger partial charge in [-0.15, -0.1) is 0 Å². The molecule has 1 aromatic carbocycles. The summed E-state index contributed by atoms with van der Waals surface area (Å²) < 4.78 is 11.3. The molecule has 0 aliphatic carbocycles. The highest BCUT2D eigenvalue weighted by Crippen LogP contribution is 2.28. The van der Waals surface area contributed by atoms with Gasteiger partial charge >= 0.3 is 0 Å². The summed E-state index contributed by atoms with van der Waals surface area (Å²) in [5.41, 5.74) is 6.17. The fourth-order valence-corrected chi connectivity index (χ4v) is 1.79. The van der Waals surface area contributed by atoms with Crippen LogP contribution in [0.1, 0.15) is 39.2 Å². The Morgan fingerprint density at radius 3 is 2.65 bits per heavy atom. The van der Waals surface area contributed by atoms with E-state index >= 15 is 0 Å². The molecule has 3 N–H and O–H groups in total. The second kappa shape index (κ2) is 8.30. The standard InChI is InChI=1S/C15H24N2O3/c1-4-19-14-10-12(15(16)17-18)7-8-13(14)20-9-5-6-11(2)3/h7-8,10-11,18H,4-6,9H2,1-3H3,(H2,16,17). The molecule has 0 unspecified atom stereocenters. The number of hydrogen-bond acceptors (Lipinski definition) is 4. The summed E-state index contributed by atoms with van der Waals surface area (Å²) in [7, 11) is 0. The van der Waals surface area contributed by atoms with E-state index in [1.165, 1.54) is 0 Å². The van der Waals surface area contributed by atoms with Crippen molar-refractivity contribution in [2.75, 3.05) is 13.2 Å². The van der Waals surface area contributed by atoms with Crippen LogP contribution in [0.5, 0.6) is 11.5 Å². The fourth-order valence-electron chi connectivity index (χ4n) is 1.79. The van der Waals surface area contributed by atoms with Gasteiger partial charge in [-0.3, -0.25) is 0 Å². The van der Waals surface area contributed by atoms with Crippen LogP contribution >= 0.6 is 0 Å². The van der Waals surface area contributed by atoms with Crippen LogP contribution in [0, 0.1) is 5.92 Å². The van der Waals surface area contributed by atoms with Gasteiger partial charge in [-0.05, 0) is 43.9 Å². The largest absolute Gasteiger partial charge is 0.490 e. The first kappa shape index (κ1) is 16.1. The van der Waals surface area contributed by atoms with Gasteiger partial charge in [0.2, 0.25) is 0 Å². The Labute approximate surface area is 120 Å². The van der Waals surface area contributed by atoms with Gasteiger partial charge in [-0.25, -0.2) is 0 Å². The number of oxime groups is 1. The highest BCUT2D eigenvalue weighted by molar-refractivity contribution is 5.97. The summed E-state index contributed by atoms with van der Waals surface area (Å²) in [5.74, 6) is 2.02. The molecule has 5 heteroatoms. The SMILES string of the molecule is CCOc1cc(/C(N)=N/O)ccc1OCCCC(C)C. The van der Waals surface area contributed by atoms with E-state index in [0.29, 0.717) is 36.2 Å². The maximum Gasteiger partial charge on any atom is 0.170 e. The number of hydrogen-bond donors (Lipinski definition) is 2. The molecule has 1 aromatic rings. The predicted octanol–water partition coefficient (Wildman–Crippen LogP) is 2.99. The first-order valence-electron chi connectivity index (χ1n) is 6.96. The third-order valence-corrected chi connectivity index (χ3v) is 2.83. The van der Waals surface area contributed by atoms with Crippen LogP contribution in [0.15, 0.2) is 23.4 Å². The maximum absolute atomic E-state index is 8.69. The van der Waals surface area contributed by atoms with Crippen molar-refractivity contribution >= 4 is 5.84 Å². The lowest BCUT2D eigenvalue weighted by Gasteiger charge is -2.13. The molecule has 0 fully saturated rings. The zero-order valence-electron chi connectivity index (χ0n) is 12.4. The lowest BCUT2D eigenvalue weighted by molar-refractivity contribution is 0.266. The van der Waals surface area contributed by atoms with Crippen LogP contribution in [0.4, 0.5) is 0 Å². The fraction of sp³-hybridized carbons (Fsp3) is 0.533. The Morgan fingerprint density at radius 1 is 1.30 bits per heavy atom. The van der Waals surface area contributed by atoms with Crippen LogP contribution in [-0.2, 0) is 0 Å². The van der Waals surface area contributed by atoms with Gasteiger partial charge in [0, 0.05) is 5.56 Å². The Kier molecular flexibility index (Phi) is 6.70. The molecule has 5 nitrogen and oxygen atoms in total. The average Bonchev–Trinajstić information content (AvgIpc) is 2.44. The van der Waals surface area contributed by atoms with E-state index in [1.54, 1.807) is 18.2 Å². The number of ether oxygens (including phenoxy) is 2. The van der Waals surface area contributed by atoms with Gasteiger partial charge in [0.1, 0.15) is 0 Å². The molecular weight excluding hydrogens is 256 g/mol. The zero-order chi connectivity index (χ0) is 15.0. The van der Waals surface area contributed by atoms with Crippen LogP contribution in [-0.4, -0.2) is 24.3 Å². The first-order chi connectivity index (χ1) is 9.58. The molecule has 0 amide bonds. The molecule has 0 atom stereocenters. The number of benzene rings is 1. The van der Waals surface area contributed by atoms with Gasteiger partial charge < -0.3 is 20.4 Å². The van der Waals surface area contributed by atoms with E-state index in [1.807, 2.05) is 6.92 Å². The third-order valence-electron chi connectivity index (χ3n) is 2.83. The third kappa shape index (κ3) is 4.99. The minimum atomic E-state index is 0.0531. The first-order valence-corrected chi connectivity index (χ1v) is 6.96. The molecule has 112 valence electrons. The van der Waals surface area contributed by atoms with Crippen molar-refractivity contribution in [2.45, 2.75) is 33.6 Å². The van der Waals surface area contributed by atoms with Gasteiger partial charge in [-0.2, -0.15) is 0 Å². The molecule has 0 aliphatic rings. The molecule has 1 rings (SSSR count). The molecular formula is C15H24N2O3. The summed E-state index contributed by atoms with van der Waals surface area (Å²) in [4.78, 5) is 0. The quantitative estimate of drug-likeness (QED) is 0.252. The van der Waals surface area contributed by atoms with E-state index < -0.39 is 0 Å². The maximum atomic E-state index is 8.69. The van der Waals surface area contributed by atoms with Gasteiger partial charge in [0.15, 0.2) is 17.3 Å². The van der Waals surface area contributed by atoms with E-state index in [2.05, 4.69) is 19.0 Å². The van der Waals surface area contributed by atoms with Gasteiger partial charge in [0.25, 0.3) is 0 Å². The lowest BCUT2D eigenvalue weighted by Crippen LogP contribution is -2.13. The Bertz CT molecular complexity index is 445. The lowest BCUT2D eigenvalue weighted by atomic mass is 10.1. The average molecular weight is 280 g/mol. The number of nitrogens with zero attached hydrogens (tertiary/aromatic N) is 1. The Balaban J connectivity index is 2.74. The number of rotatable bonds is 8. The van der Waals surface area contributed by atoms with Crippen LogP contribution in [0.2, 0.25) is 0 Å². The van der Waals surface area contributed by atoms with E-state index in [4.69, 9.17) is 20.4 Å². The van der Waals surface area contributed by atoms with Crippen molar-refractivity contribution in [1.29, 1.82) is 0 Å². The second-order valence-electron chi connectivity index (χ2n) is 4.96. The molecule has 0 aromatic heterocycles. The van der Waals surface area contributed by atoms with E-state index in [0.717, 1.165) is 12.8 Å². The second-order valence-corrected chi connectivity index (χ2v) is 4.96. The molecule has 0 bridgehead atoms. The Hall–Kier alpha value is -1.91. The monoisotopic (exact) mass is 280 g/mol. The number of nitrogens with two attached hydrogens (primary N) is 1. The molecule has 20 heavy (non-hydrogen) atoms. The smallest absolute Gasteiger partial charge is 0.170 e. The van der Waals surface area contributed by atoms with Crippen LogP contribution in [0.25, 0.3) is 0 Å². The zero-order valence-corrected chi connectivity index (χ0v) is 12.4. The topological polar surface area (TPSA) is 77.1 Å². The minimum Gasteiger partial charge on any atom is -0.490 e. The Morgan fingerprint density at radius 2 is 2.05 bits per heavy atom. The minimum absolute atomic E-state index is 0.0531. The van der Waals surface area contributed by atoms with Gasteiger partial charge in [0.05, 0.1) is 13.2 Å². The molecule has 0 radical (unpaired) electrons. The van der Waals surface area contributed by atoms with Crippen molar-refractivity contribution < 1.29 is 14.7 Å². The highest BCUT2D eigenvalue weighted by Gasteiger charge is 2.09. The van der Waals surface area contributed by atoms with Crippen molar-refractivity contribution in [3.63, 3.8) is 0 Å². The molecule has 0 saturated heterocycles. The molecule has 0 aliphatic heterocycles. The van der Waals surface area contributed by atoms with E-state index in [-0.39, 0.29) is 5.84 Å². The van der Waals surface area contributed by atoms with Crippen molar-refractivity contribution in [2.24, 2.45) is 16.8 Å². The summed E-state index contributed by atoms with van der Waals surface area (Å²) in [6.07, 6.45) is 2.14. The van der Waals surface area contributed by atoms with E-state index in [9.17, 15) is 0 Å². The van der Waals surface area contributed by atoms with Crippen LogP contribution in [0.3, 0.4) is 0 Å².